The van der Waals surface area contributed by atoms with Crippen molar-refractivity contribution in [2.45, 2.75) is 0 Å². The van der Waals surface area contributed by atoms with Gasteiger partial charge in [0.2, 0.25) is 5.89 Å². The average molecular weight is 402 g/mol. The number of hydrogen-bond acceptors (Lipinski definition) is 6. The van der Waals surface area contributed by atoms with E-state index in [2.05, 4.69) is 0 Å². The molecule has 4 aromatic rings. The summed E-state index contributed by atoms with van der Waals surface area (Å²) in [6, 6.07) is 21.1. The number of benzene rings is 3. The third kappa shape index (κ3) is 3.48. The van der Waals surface area contributed by atoms with Gasteiger partial charge in [-0.2, -0.15) is 0 Å². The topological polar surface area (TPSA) is 87.6 Å². The maximum Gasteiger partial charge on any atom is 0.269 e. The molecule has 0 aliphatic carbocycles. The molecule has 7 heteroatoms. The first kappa shape index (κ1) is 19.2. The highest BCUT2D eigenvalue weighted by Crippen LogP contribution is 2.44. The Labute approximate surface area is 172 Å². The summed E-state index contributed by atoms with van der Waals surface area (Å²) < 4.78 is 17.3. The molecule has 0 saturated heterocycles. The Balaban J connectivity index is 1.94. The van der Waals surface area contributed by atoms with Gasteiger partial charge in [-0.25, -0.2) is 4.98 Å². The van der Waals surface area contributed by atoms with Gasteiger partial charge in [0.1, 0.15) is 17.2 Å². The molecule has 3 aromatic carbocycles. The molecule has 1 heterocycles. The van der Waals surface area contributed by atoms with Crippen molar-refractivity contribution in [2.24, 2.45) is 0 Å². The molecule has 0 aliphatic heterocycles. The molecule has 0 radical (unpaired) electrons. The summed E-state index contributed by atoms with van der Waals surface area (Å²) in [6.07, 6.45) is 0. The third-order valence-corrected chi connectivity index (χ3v) is 4.65. The Hall–Kier alpha value is -4.13. The minimum Gasteiger partial charge on any atom is -0.496 e. The van der Waals surface area contributed by atoms with Gasteiger partial charge in [-0.05, 0) is 24.3 Å². The van der Waals surface area contributed by atoms with Crippen LogP contribution in [0.3, 0.4) is 0 Å². The van der Waals surface area contributed by atoms with Gasteiger partial charge >= 0.3 is 0 Å². The summed E-state index contributed by atoms with van der Waals surface area (Å²) in [5, 5.41) is 11.0. The highest BCUT2D eigenvalue weighted by Gasteiger charge is 2.24. The number of non-ortho nitro benzene ring substituents is 1. The van der Waals surface area contributed by atoms with E-state index < -0.39 is 4.92 Å². The molecule has 30 heavy (non-hydrogen) atoms. The van der Waals surface area contributed by atoms with E-state index in [4.69, 9.17) is 18.9 Å². The van der Waals surface area contributed by atoms with Gasteiger partial charge in [-0.3, -0.25) is 10.1 Å². The highest BCUT2D eigenvalue weighted by molar-refractivity contribution is 5.85. The smallest absolute Gasteiger partial charge is 0.269 e. The Morgan fingerprint density at radius 3 is 2.03 bits per heavy atom. The van der Waals surface area contributed by atoms with Crippen LogP contribution in [0.2, 0.25) is 0 Å². The summed E-state index contributed by atoms with van der Waals surface area (Å²) in [5.41, 5.74) is 2.68. The van der Waals surface area contributed by atoms with E-state index in [0.717, 1.165) is 5.56 Å². The molecule has 0 spiro atoms. The number of ether oxygens (including phenoxy) is 2. The Morgan fingerprint density at radius 1 is 0.833 bits per heavy atom. The van der Waals surface area contributed by atoms with Crippen molar-refractivity contribution < 1.29 is 18.8 Å². The van der Waals surface area contributed by atoms with Crippen LogP contribution in [0.25, 0.3) is 34.0 Å². The molecule has 7 nitrogen and oxygen atoms in total. The van der Waals surface area contributed by atoms with Crippen LogP contribution in [-0.2, 0) is 0 Å². The van der Waals surface area contributed by atoms with E-state index in [0.29, 0.717) is 40.0 Å². The standard InChI is InChI=1S/C23H18N2O5/c1-28-18-9-6-10-19(29-2)20(18)21-22(15-7-4-3-5-8-15)30-23(24-21)16-11-13-17(14-12-16)25(26)27/h3-14H,1-2H3. The fraction of sp³-hybridized carbons (Fsp3) is 0.0870. The fourth-order valence-corrected chi connectivity index (χ4v) is 3.21. The monoisotopic (exact) mass is 402 g/mol. The van der Waals surface area contributed by atoms with Gasteiger partial charge < -0.3 is 13.9 Å². The summed E-state index contributed by atoms with van der Waals surface area (Å²) >= 11 is 0. The van der Waals surface area contributed by atoms with Gasteiger partial charge in [0.25, 0.3) is 5.69 Å². The maximum absolute atomic E-state index is 11.0. The second-order valence-electron chi connectivity index (χ2n) is 6.40. The van der Waals surface area contributed by atoms with Gasteiger partial charge in [0.15, 0.2) is 5.76 Å². The summed E-state index contributed by atoms with van der Waals surface area (Å²) in [6.45, 7) is 0. The second kappa shape index (κ2) is 8.08. The molecule has 0 saturated carbocycles. The molecule has 0 amide bonds. The van der Waals surface area contributed by atoms with Crippen LogP contribution in [0.1, 0.15) is 0 Å². The first-order chi connectivity index (χ1) is 14.6. The van der Waals surface area contributed by atoms with Crippen molar-refractivity contribution >= 4 is 5.69 Å². The van der Waals surface area contributed by atoms with Gasteiger partial charge in [0.05, 0.1) is 24.7 Å². The highest BCUT2D eigenvalue weighted by atomic mass is 16.6. The first-order valence-corrected chi connectivity index (χ1v) is 9.15. The Bertz CT molecular complexity index is 1160. The lowest BCUT2D eigenvalue weighted by atomic mass is 10.0. The lowest BCUT2D eigenvalue weighted by Gasteiger charge is -2.12. The minimum atomic E-state index is -0.445. The second-order valence-corrected chi connectivity index (χ2v) is 6.40. The molecular weight excluding hydrogens is 384 g/mol. The third-order valence-electron chi connectivity index (χ3n) is 4.65. The van der Waals surface area contributed by atoms with Crippen LogP contribution >= 0.6 is 0 Å². The molecule has 1 aromatic heterocycles. The van der Waals surface area contributed by atoms with Crippen molar-refractivity contribution in [1.82, 2.24) is 4.98 Å². The number of methoxy groups -OCH3 is 2. The molecule has 0 N–H and O–H groups in total. The van der Waals surface area contributed by atoms with Crippen LogP contribution < -0.4 is 9.47 Å². The van der Waals surface area contributed by atoms with E-state index in [9.17, 15) is 10.1 Å². The quantitative estimate of drug-likeness (QED) is 0.308. The molecule has 0 fully saturated rings. The van der Waals surface area contributed by atoms with Crippen LogP contribution in [0.4, 0.5) is 5.69 Å². The van der Waals surface area contributed by atoms with Crippen LogP contribution in [0.15, 0.2) is 77.2 Å². The summed E-state index contributed by atoms with van der Waals surface area (Å²) in [4.78, 5) is 15.2. The number of nitro benzene ring substituents is 1. The van der Waals surface area contributed by atoms with E-state index >= 15 is 0 Å². The largest absolute Gasteiger partial charge is 0.496 e. The predicted molar refractivity (Wildman–Crippen MR) is 113 cm³/mol. The van der Waals surface area contributed by atoms with Crippen LogP contribution in [0, 0.1) is 10.1 Å². The number of hydrogen-bond donors (Lipinski definition) is 0. The number of nitrogens with zero attached hydrogens (tertiary/aromatic N) is 2. The lowest BCUT2D eigenvalue weighted by molar-refractivity contribution is -0.384. The normalized spacial score (nSPS) is 10.6. The predicted octanol–water partition coefficient (Wildman–Crippen LogP) is 5.60. The first-order valence-electron chi connectivity index (χ1n) is 9.15. The van der Waals surface area contributed by atoms with Gasteiger partial charge in [-0.15, -0.1) is 0 Å². The van der Waals surface area contributed by atoms with Gasteiger partial charge in [-0.1, -0.05) is 36.4 Å². The van der Waals surface area contributed by atoms with Crippen molar-refractivity contribution in [3.63, 3.8) is 0 Å². The van der Waals surface area contributed by atoms with Crippen LogP contribution in [-0.4, -0.2) is 24.1 Å². The van der Waals surface area contributed by atoms with Gasteiger partial charge in [0, 0.05) is 23.3 Å². The molecule has 0 aliphatic rings. The van der Waals surface area contributed by atoms with E-state index in [1.54, 1.807) is 26.4 Å². The van der Waals surface area contributed by atoms with Crippen molar-refractivity contribution in [1.29, 1.82) is 0 Å². The molecule has 0 atom stereocenters. The SMILES string of the molecule is COc1cccc(OC)c1-c1nc(-c2ccc([N+](=O)[O-])cc2)oc1-c1ccccc1. The summed E-state index contributed by atoms with van der Waals surface area (Å²) in [7, 11) is 3.16. The van der Waals surface area contributed by atoms with Crippen molar-refractivity contribution in [2.75, 3.05) is 14.2 Å². The lowest BCUT2D eigenvalue weighted by Crippen LogP contribution is -1.94. The Morgan fingerprint density at radius 2 is 1.47 bits per heavy atom. The maximum atomic E-state index is 11.0. The molecule has 4 rings (SSSR count). The minimum absolute atomic E-state index is 0.000195. The van der Waals surface area contributed by atoms with Crippen molar-refractivity contribution in [3.05, 3.63) is 82.9 Å². The number of oxazole rings is 1. The average Bonchev–Trinajstić information content (AvgIpc) is 3.24. The van der Waals surface area contributed by atoms with E-state index in [1.165, 1.54) is 12.1 Å². The molecule has 150 valence electrons. The molecule has 0 bridgehead atoms. The summed E-state index contributed by atoms with van der Waals surface area (Å²) in [5.74, 6) is 2.07. The molecule has 0 unspecified atom stereocenters. The van der Waals surface area contributed by atoms with E-state index in [-0.39, 0.29) is 5.69 Å². The molecular formula is C23H18N2O5. The zero-order valence-corrected chi connectivity index (χ0v) is 16.4. The number of nitro groups is 1. The Kier molecular flexibility index (Phi) is 5.17. The number of aromatic nitrogens is 1. The number of rotatable bonds is 6. The van der Waals surface area contributed by atoms with Crippen LogP contribution in [0.5, 0.6) is 11.5 Å². The fourth-order valence-electron chi connectivity index (χ4n) is 3.21. The van der Waals surface area contributed by atoms with E-state index in [1.807, 2.05) is 48.5 Å². The zero-order valence-electron chi connectivity index (χ0n) is 16.4. The van der Waals surface area contributed by atoms with Crippen molar-refractivity contribution in [3.8, 4) is 45.5 Å². The zero-order chi connectivity index (χ0) is 21.1.